The van der Waals surface area contributed by atoms with E-state index < -0.39 is 0 Å². The standard InChI is InChI=1S/C19H19Cl2N3O3/c1-26-16-6-3-11(9-14(16)21)10-15-17-12(4-5-13(20)18(17)22)19(24-23-15)27-8-2-7-25/h3-6,9,25H,2,7-8,10,22H2,1H3. The molecule has 1 heterocycles. The molecule has 27 heavy (non-hydrogen) atoms. The van der Waals surface area contributed by atoms with Gasteiger partial charge < -0.3 is 20.3 Å². The molecule has 2 aromatic carbocycles. The summed E-state index contributed by atoms with van der Waals surface area (Å²) < 4.78 is 10.8. The Kier molecular flexibility index (Phi) is 6.21. The minimum absolute atomic E-state index is 0.0373. The van der Waals surface area contributed by atoms with E-state index in [-0.39, 0.29) is 6.61 Å². The Labute approximate surface area is 166 Å². The van der Waals surface area contributed by atoms with Gasteiger partial charge in [0, 0.05) is 30.2 Å². The monoisotopic (exact) mass is 407 g/mol. The minimum Gasteiger partial charge on any atom is -0.495 e. The van der Waals surface area contributed by atoms with Crippen molar-refractivity contribution in [3.8, 4) is 11.6 Å². The van der Waals surface area contributed by atoms with Crippen molar-refractivity contribution in [2.75, 3.05) is 26.1 Å². The fourth-order valence-corrected chi connectivity index (χ4v) is 3.21. The topological polar surface area (TPSA) is 90.5 Å². The highest BCUT2D eigenvalue weighted by Crippen LogP contribution is 2.35. The van der Waals surface area contributed by atoms with E-state index in [1.54, 1.807) is 19.2 Å². The molecule has 0 bridgehead atoms. The van der Waals surface area contributed by atoms with Crippen LogP contribution in [0, 0.1) is 0 Å². The maximum absolute atomic E-state index is 8.93. The summed E-state index contributed by atoms with van der Waals surface area (Å²) in [4.78, 5) is 0. The molecule has 0 unspecified atom stereocenters. The van der Waals surface area contributed by atoms with E-state index in [1.807, 2.05) is 18.2 Å². The Morgan fingerprint density at radius 2 is 1.93 bits per heavy atom. The number of methoxy groups -OCH3 is 1. The number of halogens is 2. The number of benzene rings is 2. The van der Waals surface area contributed by atoms with Gasteiger partial charge in [0.05, 0.1) is 35.1 Å². The molecule has 0 saturated heterocycles. The van der Waals surface area contributed by atoms with Crippen LogP contribution in [0.25, 0.3) is 10.8 Å². The van der Waals surface area contributed by atoms with Gasteiger partial charge in [-0.2, -0.15) is 5.10 Å². The van der Waals surface area contributed by atoms with Gasteiger partial charge in [0.25, 0.3) is 0 Å². The lowest BCUT2D eigenvalue weighted by Crippen LogP contribution is -2.06. The normalized spacial score (nSPS) is 11.0. The van der Waals surface area contributed by atoms with Gasteiger partial charge in [-0.05, 0) is 29.8 Å². The van der Waals surface area contributed by atoms with E-state index >= 15 is 0 Å². The predicted molar refractivity (Wildman–Crippen MR) is 107 cm³/mol. The van der Waals surface area contributed by atoms with E-state index in [4.69, 9.17) is 43.5 Å². The SMILES string of the molecule is COc1ccc(Cc2nnc(OCCCO)c3ccc(Cl)c(N)c23)cc1Cl. The summed E-state index contributed by atoms with van der Waals surface area (Å²) in [6.07, 6.45) is 0.965. The summed E-state index contributed by atoms with van der Waals surface area (Å²) in [5.74, 6) is 0.963. The molecular formula is C19H19Cl2N3O3. The number of aliphatic hydroxyl groups is 1. The van der Waals surface area contributed by atoms with Gasteiger partial charge in [0.2, 0.25) is 5.88 Å². The third-order valence-electron chi connectivity index (χ3n) is 4.10. The van der Waals surface area contributed by atoms with Crippen LogP contribution in [-0.4, -0.2) is 35.6 Å². The average Bonchev–Trinajstić information content (AvgIpc) is 2.66. The zero-order valence-electron chi connectivity index (χ0n) is 14.7. The Hall–Kier alpha value is -2.28. The van der Waals surface area contributed by atoms with Gasteiger partial charge >= 0.3 is 0 Å². The zero-order valence-corrected chi connectivity index (χ0v) is 16.2. The number of nitrogens with two attached hydrogens (primary N) is 1. The Bertz CT molecular complexity index is 967. The van der Waals surface area contributed by atoms with Crippen LogP contribution in [0.15, 0.2) is 30.3 Å². The number of nitrogen functional groups attached to an aromatic ring is 1. The van der Waals surface area contributed by atoms with E-state index in [0.717, 1.165) is 10.9 Å². The molecule has 6 nitrogen and oxygen atoms in total. The van der Waals surface area contributed by atoms with E-state index in [0.29, 0.717) is 57.9 Å². The summed E-state index contributed by atoms with van der Waals surface area (Å²) >= 11 is 12.4. The number of aromatic nitrogens is 2. The fourth-order valence-electron chi connectivity index (χ4n) is 2.77. The van der Waals surface area contributed by atoms with Crippen LogP contribution >= 0.6 is 23.2 Å². The van der Waals surface area contributed by atoms with Crippen molar-refractivity contribution in [2.24, 2.45) is 0 Å². The van der Waals surface area contributed by atoms with Crippen molar-refractivity contribution < 1.29 is 14.6 Å². The summed E-state index contributed by atoms with van der Waals surface area (Å²) in [6.45, 7) is 0.367. The Morgan fingerprint density at radius 3 is 2.63 bits per heavy atom. The van der Waals surface area contributed by atoms with Crippen molar-refractivity contribution in [3.05, 3.63) is 51.6 Å². The lowest BCUT2D eigenvalue weighted by Gasteiger charge is -2.13. The van der Waals surface area contributed by atoms with E-state index in [1.165, 1.54) is 0 Å². The lowest BCUT2D eigenvalue weighted by atomic mass is 10.0. The largest absolute Gasteiger partial charge is 0.495 e. The van der Waals surface area contributed by atoms with Crippen LogP contribution in [0.1, 0.15) is 17.7 Å². The molecule has 8 heteroatoms. The summed E-state index contributed by atoms with van der Waals surface area (Å²) in [5, 5.41) is 19.8. The lowest BCUT2D eigenvalue weighted by molar-refractivity contribution is 0.229. The first-order chi connectivity index (χ1) is 13.0. The van der Waals surface area contributed by atoms with Crippen molar-refractivity contribution in [1.29, 1.82) is 0 Å². The molecule has 0 radical (unpaired) electrons. The van der Waals surface area contributed by atoms with Gasteiger partial charge in [-0.25, -0.2) is 0 Å². The summed E-state index contributed by atoms with van der Waals surface area (Å²) in [5.41, 5.74) is 8.25. The fraction of sp³-hybridized carbons (Fsp3) is 0.263. The Balaban J connectivity index is 2.04. The highest BCUT2D eigenvalue weighted by Gasteiger charge is 2.16. The molecule has 3 rings (SSSR count). The number of fused-ring (bicyclic) bond motifs is 1. The third-order valence-corrected chi connectivity index (χ3v) is 4.73. The Morgan fingerprint density at radius 1 is 1.11 bits per heavy atom. The van der Waals surface area contributed by atoms with Gasteiger partial charge in [-0.3, -0.25) is 0 Å². The van der Waals surface area contributed by atoms with Crippen molar-refractivity contribution in [1.82, 2.24) is 10.2 Å². The molecule has 0 aliphatic carbocycles. The number of ether oxygens (including phenoxy) is 2. The average molecular weight is 408 g/mol. The number of hydrogen-bond donors (Lipinski definition) is 2. The molecule has 0 aliphatic rings. The second-order valence-electron chi connectivity index (χ2n) is 5.91. The number of rotatable bonds is 7. The molecule has 0 amide bonds. The highest BCUT2D eigenvalue weighted by atomic mass is 35.5. The van der Waals surface area contributed by atoms with E-state index in [9.17, 15) is 0 Å². The van der Waals surface area contributed by atoms with Crippen LogP contribution in [-0.2, 0) is 6.42 Å². The molecule has 0 fully saturated rings. The second-order valence-corrected chi connectivity index (χ2v) is 6.72. The first-order valence-corrected chi connectivity index (χ1v) is 9.10. The van der Waals surface area contributed by atoms with Gasteiger partial charge in [0.1, 0.15) is 5.75 Å². The summed E-state index contributed by atoms with van der Waals surface area (Å²) in [7, 11) is 1.57. The van der Waals surface area contributed by atoms with E-state index in [2.05, 4.69) is 10.2 Å². The molecule has 0 aliphatic heterocycles. The molecule has 142 valence electrons. The van der Waals surface area contributed by atoms with Crippen molar-refractivity contribution in [2.45, 2.75) is 12.8 Å². The third kappa shape index (κ3) is 4.18. The van der Waals surface area contributed by atoms with Crippen LogP contribution in [0.4, 0.5) is 5.69 Å². The molecule has 0 spiro atoms. The molecule has 3 aromatic rings. The maximum Gasteiger partial charge on any atom is 0.241 e. The van der Waals surface area contributed by atoms with Crippen molar-refractivity contribution >= 4 is 39.7 Å². The van der Waals surface area contributed by atoms with Gasteiger partial charge in [0.15, 0.2) is 0 Å². The number of anilines is 1. The molecule has 1 aromatic heterocycles. The number of aliphatic hydroxyl groups excluding tert-OH is 1. The molecule has 0 saturated carbocycles. The highest BCUT2D eigenvalue weighted by molar-refractivity contribution is 6.35. The van der Waals surface area contributed by atoms with Gasteiger partial charge in [-0.1, -0.05) is 29.3 Å². The number of hydrogen-bond acceptors (Lipinski definition) is 6. The number of nitrogens with zero attached hydrogens (tertiary/aromatic N) is 2. The molecular weight excluding hydrogens is 389 g/mol. The summed E-state index contributed by atoms with van der Waals surface area (Å²) in [6, 6.07) is 9.04. The van der Waals surface area contributed by atoms with Crippen LogP contribution in [0.2, 0.25) is 10.0 Å². The smallest absolute Gasteiger partial charge is 0.241 e. The van der Waals surface area contributed by atoms with Crippen LogP contribution in [0.3, 0.4) is 0 Å². The minimum atomic E-state index is 0.0373. The quantitative estimate of drug-likeness (QED) is 0.456. The predicted octanol–water partition coefficient (Wildman–Crippen LogP) is 3.88. The first-order valence-electron chi connectivity index (χ1n) is 8.34. The van der Waals surface area contributed by atoms with Crippen LogP contribution < -0.4 is 15.2 Å². The zero-order chi connectivity index (χ0) is 19.4. The first kappa shape index (κ1) is 19.5. The maximum atomic E-state index is 8.93. The van der Waals surface area contributed by atoms with Crippen LogP contribution in [0.5, 0.6) is 11.6 Å². The molecule has 3 N–H and O–H groups in total. The van der Waals surface area contributed by atoms with Crippen molar-refractivity contribution in [3.63, 3.8) is 0 Å². The second kappa shape index (κ2) is 8.61. The van der Waals surface area contributed by atoms with Gasteiger partial charge in [-0.15, -0.1) is 5.10 Å². The molecule has 0 atom stereocenters.